The number of carbonyl (C=O) groups excluding carboxylic acids is 1. The minimum absolute atomic E-state index is 0.0162. The van der Waals surface area contributed by atoms with E-state index in [4.69, 9.17) is 14.2 Å². The van der Waals surface area contributed by atoms with Crippen LogP contribution >= 0.6 is 15.9 Å². The molecule has 0 radical (unpaired) electrons. The SMILES string of the molecule is CCOC(=O)NC12C3[C@@H]4[C@H]1C1[C@@H]2[C@H]3C4(Br)C12OCCO2. The molecule has 1 heterocycles. The summed E-state index contributed by atoms with van der Waals surface area (Å²) in [5, 5.41) is 3.18. The Morgan fingerprint density at radius 3 is 2.40 bits per heavy atom. The molecule has 0 aromatic rings. The fourth-order valence-corrected chi connectivity index (χ4v) is 8.84. The summed E-state index contributed by atoms with van der Waals surface area (Å²) in [5.41, 5.74) is 0.0162. The maximum absolute atomic E-state index is 11.8. The molecule has 1 aliphatic heterocycles. The van der Waals surface area contributed by atoms with E-state index in [1.165, 1.54) is 0 Å². The molecule has 1 amide bonds. The van der Waals surface area contributed by atoms with Crippen molar-refractivity contribution in [2.75, 3.05) is 19.8 Å². The predicted octanol–water partition coefficient (Wildman–Crippen LogP) is 1.11. The van der Waals surface area contributed by atoms with E-state index >= 15 is 0 Å². The van der Waals surface area contributed by atoms with Gasteiger partial charge in [-0.2, -0.15) is 0 Å². The van der Waals surface area contributed by atoms with Crippen molar-refractivity contribution in [1.82, 2.24) is 5.32 Å². The van der Waals surface area contributed by atoms with Gasteiger partial charge in [0.05, 0.1) is 29.7 Å². The molecule has 6 heteroatoms. The molecule has 1 saturated heterocycles. The highest BCUT2D eigenvalue weighted by Crippen LogP contribution is 3.01. The first kappa shape index (κ1) is 11.3. The Kier molecular flexibility index (Phi) is 1.57. The number of hydrogen-bond donors (Lipinski definition) is 1. The van der Waals surface area contributed by atoms with Gasteiger partial charge in [-0.15, -0.1) is 0 Å². The van der Waals surface area contributed by atoms with Gasteiger partial charge in [-0.3, -0.25) is 0 Å². The van der Waals surface area contributed by atoms with Gasteiger partial charge in [0.15, 0.2) is 5.79 Å². The van der Waals surface area contributed by atoms with E-state index < -0.39 is 5.79 Å². The fraction of sp³-hybridized carbons (Fsp3) is 0.929. The lowest BCUT2D eigenvalue weighted by molar-refractivity contribution is -0.391. The molecule has 7 fully saturated rings. The zero-order valence-electron chi connectivity index (χ0n) is 11.1. The van der Waals surface area contributed by atoms with Gasteiger partial charge in [0, 0.05) is 5.92 Å². The smallest absolute Gasteiger partial charge is 0.407 e. The number of alkyl carbamates (subject to hydrolysis) is 1. The van der Waals surface area contributed by atoms with E-state index in [1.807, 2.05) is 6.92 Å². The highest BCUT2D eigenvalue weighted by atomic mass is 79.9. The summed E-state index contributed by atoms with van der Waals surface area (Å²) in [5.74, 6) is 2.94. The molecule has 0 aromatic heterocycles. The summed E-state index contributed by atoms with van der Waals surface area (Å²) >= 11 is 4.00. The molecule has 7 rings (SSSR count). The summed E-state index contributed by atoms with van der Waals surface area (Å²) in [6, 6.07) is 0. The van der Waals surface area contributed by atoms with Crippen molar-refractivity contribution in [2.45, 2.75) is 22.6 Å². The van der Waals surface area contributed by atoms with Crippen LogP contribution in [0.25, 0.3) is 0 Å². The van der Waals surface area contributed by atoms with Crippen molar-refractivity contribution < 1.29 is 19.0 Å². The number of alkyl halides is 1. The zero-order chi connectivity index (χ0) is 13.5. The molecular formula is C14H16BrNO4. The molecule has 4 unspecified atom stereocenters. The third-order valence-electron chi connectivity index (χ3n) is 7.23. The van der Waals surface area contributed by atoms with Crippen LogP contribution in [0.3, 0.4) is 0 Å². The van der Waals surface area contributed by atoms with E-state index in [9.17, 15) is 4.79 Å². The third kappa shape index (κ3) is 0.669. The van der Waals surface area contributed by atoms with Crippen molar-refractivity contribution in [3.05, 3.63) is 0 Å². The summed E-state index contributed by atoms with van der Waals surface area (Å²) in [4.78, 5) is 11.8. The monoisotopic (exact) mass is 341 g/mol. The predicted molar refractivity (Wildman–Crippen MR) is 70.1 cm³/mol. The minimum Gasteiger partial charge on any atom is -0.450 e. The number of halogens is 1. The molecule has 20 heavy (non-hydrogen) atoms. The molecule has 7 aliphatic rings. The Morgan fingerprint density at radius 1 is 1.20 bits per heavy atom. The van der Waals surface area contributed by atoms with E-state index in [1.54, 1.807) is 0 Å². The average molecular weight is 342 g/mol. The quantitative estimate of drug-likeness (QED) is 0.764. The Bertz CT molecular complexity index is 539. The number of amides is 1. The Morgan fingerprint density at radius 2 is 1.80 bits per heavy atom. The molecule has 8 atom stereocenters. The van der Waals surface area contributed by atoms with Gasteiger partial charge in [-0.1, -0.05) is 15.9 Å². The van der Waals surface area contributed by atoms with Crippen LogP contribution in [0.5, 0.6) is 0 Å². The fourth-order valence-electron chi connectivity index (χ4n) is 7.21. The number of hydrogen-bond acceptors (Lipinski definition) is 4. The second-order valence-electron chi connectivity index (χ2n) is 7.07. The zero-order valence-corrected chi connectivity index (χ0v) is 12.7. The van der Waals surface area contributed by atoms with E-state index in [0.717, 1.165) is 0 Å². The van der Waals surface area contributed by atoms with Crippen molar-refractivity contribution in [3.63, 3.8) is 0 Å². The maximum atomic E-state index is 11.8. The van der Waals surface area contributed by atoms with Crippen LogP contribution in [0.2, 0.25) is 0 Å². The normalized spacial score (nSPS) is 63.9. The Hall–Kier alpha value is -0.330. The van der Waals surface area contributed by atoms with Crippen molar-refractivity contribution in [1.29, 1.82) is 0 Å². The Balaban J connectivity index is 1.37. The Labute approximate surface area is 124 Å². The number of ether oxygens (including phenoxy) is 3. The first-order valence-electron chi connectivity index (χ1n) is 7.56. The highest BCUT2D eigenvalue weighted by molar-refractivity contribution is 9.10. The van der Waals surface area contributed by atoms with E-state index in [2.05, 4.69) is 21.2 Å². The lowest BCUT2D eigenvalue weighted by Crippen LogP contribution is -2.99. The van der Waals surface area contributed by atoms with Crippen LogP contribution in [0.4, 0.5) is 4.79 Å². The maximum Gasteiger partial charge on any atom is 0.407 e. The van der Waals surface area contributed by atoms with E-state index in [0.29, 0.717) is 55.3 Å². The van der Waals surface area contributed by atoms with Crippen LogP contribution in [0.1, 0.15) is 6.92 Å². The van der Waals surface area contributed by atoms with Gasteiger partial charge in [-0.05, 0) is 36.5 Å². The summed E-state index contributed by atoms with van der Waals surface area (Å²) < 4.78 is 17.3. The largest absolute Gasteiger partial charge is 0.450 e. The first-order chi connectivity index (χ1) is 9.64. The molecule has 6 saturated carbocycles. The van der Waals surface area contributed by atoms with Gasteiger partial charge in [0.25, 0.3) is 0 Å². The summed E-state index contributed by atoms with van der Waals surface area (Å²) in [6.07, 6.45) is -0.255. The van der Waals surface area contributed by atoms with Gasteiger partial charge in [0.2, 0.25) is 0 Å². The van der Waals surface area contributed by atoms with Crippen LogP contribution in [-0.4, -0.2) is 41.6 Å². The van der Waals surface area contributed by atoms with E-state index in [-0.39, 0.29) is 16.0 Å². The van der Waals surface area contributed by atoms with Gasteiger partial charge in [0.1, 0.15) is 0 Å². The highest BCUT2D eigenvalue weighted by Gasteiger charge is 3.09. The molecule has 1 N–H and O–H groups in total. The average Bonchev–Trinajstić information content (AvgIpc) is 2.96. The molecule has 108 valence electrons. The van der Waals surface area contributed by atoms with Gasteiger partial charge in [-0.25, -0.2) is 4.79 Å². The van der Waals surface area contributed by atoms with Crippen molar-refractivity contribution >= 4 is 22.0 Å². The molecule has 1 spiro atoms. The number of carbonyl (C=O) groups is 1. The summed E-state index contributed by atoms with van der Waals surface area (Å²) in [6.45, 7) is 3.67. The second kappa shape index (κ2) is 2.79. The molecule has 6 aliphatic carbocycles. The standard InChI is InChI=1S/C14H16BrNO4/c1-2-18-11(17)16-12-5-8-6(12)10-7(12)9(5)13(8,15)14(10)19-3-4-20-14/h5-10H,2-4H2,1H3,(H,16,17)/t5?,6-,7-,8-,9+,10?,12?,13?/m0/s1. The van der Waals surface area contributed by atoms with Crippen molar-refractivity contribution in [2.24, 2.45) is 35.5 Å². The molecule has 2 bridgehead atoms. The van der Waals surface area contributed by atoms with Crippen LogP contribution in [0.15, 0.2) is 0 Å². The number of rotatable bonds is 2. The summed E-state index contributed by atoms with van der Waals surface area (Å²) in [7, 11) is 0. The van der Waals surface area contributed by atoms with Gasteiger partial charge < -0.3 is 19.5 Å². The second-order valence-corrected chi connectivity index (χ2v) is 8.38. The molecule has 0 aromatic carbocycles. The molecular weight excluding hydrogens is 326 g/mol. The first-order valence-corrected chi connectivity index (χ1v) is 8.35. The van der Waals surface area contributed by atoms with Crippen molar-refractivity contribution in [3.8, 4) is 0 Å². The van der Waals surface area contributed by atoms with Crippen LogP contribution < -0.4 is 5.32 Å². The molecule has 5 nitrogen and oxygen atoms in total. The van der Waals surface area contributed by atoms with Gasteiger partial charge >= 0.3 is 6.09 Å². The number of nitrogens with one attached hydrogen (secondary N) is 1. The lowest BCUT2D eigenvalue weighted by Gasteiger charge is -2.91. The topological polar surface area (TPSA) is 56.8 Å². The lowest BCUT2D eigenvalue weighted by atomic mass is 9.16. The minimum atomic E-state index is -0.398. The third-order valence-corrected chi connectivity index (χ3v) is 8.84. The van der Waals surface area contributed by atoms with Crippen LogP contribution in [-0.2, 0) is 14.2 Å². The van der Waals surface area contributed by atoms with Crippen LogP contribution in [0, 0.1) is 35.5 Å².